The highest BCUT2D eigenvalue weighted by atomic mass is 35.5. The minimum absolute atomic E-state index is 0. The van der Waals surface area contributed by atoms with Gasteiger partial charge in [-0.1, -0.05) is 18.2 Å². The van der Waals surface area contributed by atoms with Crippen LogP contribution < -0.4 is 16.0 Å². The van der Waals surface area contributed by atoms with Crippen LogP contribution in [0.2, 0.25) is 0 Å². The maximum atomic E-state index is 11.7. The molecule has 0 aromatic heterocycles. The number of nitrogens with zero attached hydrogens (tertiary/aromatic N) is 2. The molecule has 1 aromatic carbocycles. The molecule has 1 fully saturated rings. The van der Waals surface area contributed by atoms with Gasteiger partial charge in [-0.05, 0) is 26.0 Å². The molecule has 5 nitrogen and oxygen atoms in total. The third-order valence-electron chi connectivity index (χ3n) is 4.16. The summed E-state index contributed by atoms with van der Waals surface area (Å²) in [5, 5.41) is 2.98. The number of hydrogen-bond donors (Lipinski definition) is 2. The molecule has 2 atom stereocenters. The molecule has 0 bridgehead atoms. The van der Waals surface area contributed by atoms with Crippen LogP contribution in [0.4, 0.5) is 5.69 Å². The van der Waals surface area contributed by atoms with Gasteiger partial charge >= 0.3 is 0 Å². The number of halogens is 3. The number of carbonyl (C=O) groups excluding carboxylic acids is 1. The van der Waals surface area contributed by atoms with Crippen LogP contribution in [0.1, 0.15) is 20.3 Å². The summed E-state index contributed by atoms with van der Waals surface area (Å²) in [6.07, 6.45) is 0.397. The number of para-hydroxylation sites is 1. The van der Waals surface area contributed by atoms with Crippen molar-refractivity contribution in [1.82, 2.24) is 10.2 Å². The maximum Gasteiger partial charge on any atom is 0.221 e. The molecule has 25 heavy (non-hydrogen) atoms. The summed E-state index contributed by atoms with van der Waals surface area (Å²) in [5.74, 6) is 0.0461. The largest absolute Gasteiger partial charge is 0.369 e. The molecular formula is C17H31Cl3N4O. The van der Waals surface area contributed by atoms with Crippen LogP contribution in [0.5, 0.6) is 0 Å². The van der Waals surface area contributed by atoms with E-state index in [0.29, 0.717) is 19.0 Å². The summed E-state index contributed by atoms with van der Waals surface area (Å²) in [6.45, 7) is 8.83. The Balaban J connectivity index is 0. The fourth-order valence-electron chi connectivity index (χ4n) is 2.81. The second-order valence-corrected chi connectivity index (χ2v) is 6.19. The molecule has 8 heteroatoms. The van der Waals surface area contributed by atoms with Crippen LogP contribution in [-0.4, -0.2) is 55.6 Å². The Morgan fingerprint density at radius 1 is 1.08 bits per heavy atom. The zero-order valence-electron chi connectivity index (χ0n) is 14.9. The van der Waals surface area contributed by atoms with Crippen LogP contribution in [0.15, 0.2) is 30.3 Å². The third kappa shape index (κ3) is 8.97. The summed E-state index contributed by atoms with van der Waals surface area (Å²) >= 11 is 0. The van der Waals surface area contributed by atoms with Gasteiger partial charge in [0.1, 0.15) is 0 Å². The zero-order valence-corrected chi connectivity index (χ0v) is 17.3. The average molecular weight is 414 g/mol. The van der Waals surface area contributed by atoms with Gasteiger partial charge in [-0.25, -0.2) is 0 Å². The van der Waals surface area contributed by atoms with E-state index in [0.717, 1.165) is 26.2 Å². The van der Waals surface area contributed by atoms with Gasteiger partial charge in [-0.3, -0.25) is 9.69 Å². The zero-order chi connectivity index (χ0) is 15.9. The quantitative estimate of drug-likeness (QED) is 0.751. The first-order valence-electron chi connectivity index (χ1n) is 8.12. The number of piperazine rings is 1. The molecule has 0 aliphatic carbocycles. The van der Waals surface area contributed by atoms with Gasteiger partial charge in [0, 0.05) is 56.9 Å². The standard InChI is InChI=1S/C17H28N4O.3ClH/c1-14(18)12-17(22)19-13-15(2)20-8-10-21(11-9-20)16-6-4-3-5-7-16;;;/h3-7,14-15H,8-13,18H2,1-2H3,(H,19,22);3*1H. The van der Waals surface area contributed by atoms with Crippen molar-refractivity contribution in [2.75, 3.05) is 37.6 Å². The predicted molar refractivity (Wildman–Crippen MR) is 113 cm³/mol. The first-order valence-corrected chi connectivity index (χ1v) is 8.12. The minimum atomic E-state index is -0.0790. The van der Waals surface area contributed by atoms with E-state index in [1.54, 1.807) is 0 Å². The van der Waals surface area contributed by atoms with E-state index in [1.807, 2.05) is 13.0 Å². The van der Waals surface area contributed by atoms with Crippen molar-refractivity contribution in [2.45, 2.75) is 32.4 Å². The van der Waals surface area contributed by atoms with Gasteiger partial charge in [0.25, 0.3) is 0 Å². The lowest BCUT2D eigenvalue weighted by molar-refractivity contribution is -0.121. The Morgan fingerprint density at radius 2 is 1.64 bits per heavy atom. The van der Waals surface area contributed by atoms with E-state index < -0.39 is 0 Å². The number of nitrogens with one attached hydrogen (secondary N) is 1. The fourth-order valence-corrected chi connectivity index (χ4v) is 2.81. The maximum absolute atomic E-state index is 11.7. The first-order chi connectivity index (χ1) is 10.6. The molecule has 2 unspecified atom stereocenters. The van der Waals surface area contributed by atoms with Crippen molar-refractivity contribution < 1.29 is 4.79 Å². The van der Waals surface area contributed by atoms with E-state index in [2.05, 4.69) is 46.3 Å². The predicted octanol–water partition coefficient (Wildman–Crippen LogP) is 2.32. The molecule has 1 aliphatic rings. The Labute approximate surface area is 169 Å². The number of hydrogen-bond acceptors (Lipinski definition) is 4. The number of carbonyl (C=O) groups is 1. The summed E-state index contributed by atoms with van der Waals surface area (Å²) in [4.78, 5) is 16.5. The van der Waals surface area contributed by atoms with Crippen molar-refractivity contribution in [3.63, 3.8) is 0 Å². The Hall–Kier alpha value is -0.720. The molecule has 1 heterocycles. The van der Waals surface area contributed by atoms with Gasteiger partial charge in [0.05, 0.1) is 0 Å². The van der Waals surface area contributed by atoms with Crippen LogP contribution in [0.25, 0.3) is 0 Å². The highest BCUT2D eigenvalue weighted by molar-refractivity contribution is 5.86. The highest BCUT2D eigenvalue weighted by Crippen LogP contribution is 2.16. The Bertz CT molecular complexity index is 468. The number of nitrogens with two attached hydrogens (primary N) is 1. The molecule has 1 amide bonds. The van der Waals surface area contributed by atoms with Crippen molar-refractivity contribution >= 4 is 48.8 Å². The van der Waals surface area contributed by atoms with Crippen molar-refractivity contribution in [3.05, 3.63) is 30.3 Å². The molecule has 3 N–H and O–H groups in total. The van der Waals surface area contributed by atoms with Gasteiger partial charge in [0.15, 0.2) is 0 Å². The van der Waals surface area contributed by atoms with Crippen LogP contribution in [0, 0.1) is 0 Å². The Morgan fingerprint density at radius 3 is 2.16 bits per heavy atom. The molecule has 0 radical (unpaired) electrons. The fraction of sp³-hybridized carbons (Fsp3) is 0.588. The summed E-state index contributed by atoms with van der Waals surface area (Å²) in [7, 11) is 0. The smallest absolute Gasteiger partial charge is 0.221 e. The lowest BCUT2D eigenvalue weighted by Gasteiger charge is -2.39. The average Bonchev–Trinajstić information content (AvgIpc) is 2.53. The molecule has 0 saturated carbocycles. The SMILES string of the molecule is CC(N)CC(=O)NCC(C)N1CCN(c2ccccc2)CC1.Cl.Cl.Cl. The lowest BCUT2D eigenvalue weighted by Crippen LogP contribution is -2.52. The second kappa shape index (κ2) is 13.5. The van der Waals surface area contributed by atoms with E-state index >= 15 is 0 Å². The van der Waals surface area contributed by atoms with Crippen molar-refractivity contribution in [1.29, 1.82) is 0 Å². The summed E-state index contributed by atoms with van der Waals surface area (Å²) in [6, 6.07) is 10.8. The van der Waals surface area contributed by atoms with E-state index in [9.17, 15) is 4.79 Å². The van der Waals surface area contributed by atoms with E-state index in [1.165, 1.54) is 5.69 Å². The second-order valence-electron chi connectivity index (χ2n) is 6.19. The monoisotopic (exact) mass is 412 g/mol. The molecule has 146 valence electrons. The first kappa shape index (κ1) is 26.5. The summed E-state index contributed by atoms with van der Waals surface area (Å²) in [5.41, 5.74) is 6.93. The van der Waals surface area contributed by atoms with Gasteiger partial charge in [0.2, 0.25) is 5.91 Å². The normalized spacial score (nSPS) is 16.5. The van der Waals surface area contributed by atoms with E-state index in [4.69, 9.17) is 5.73 Å². The minimum Gasteiger partial charge on any atom is -0.369 e. The number of amides is 1. The van der Waals surface area contributed by atoms with E-state index in [-0.39, 0.29) is 49.2 Å². The van der Waals surface area contributed by atoms with Crippen LogP contribution in [-0.2, 0) is 4.79 Å². The molecule has 0 spiro atoms. The molecular weight excluding hydrogens is 383 g/mol. The Kier molecular flexibility index (Phi) is 14.3. The topological polar surface area (TPSA) is 61.6 Å². The van der Waals surface area contributed by atoms with Gasteiger partial charge in [-0.2, -0.15) is 0 Å². The van der Waals surface area contributed by atoms with Crippen molar-refractivity contribution in [3.8, 4) is 0 Å². The molecule has 1 saturated heterocycles. The highest BCUT2D eigenvalue weighted by Gasteiger charge is 2.21. The van der Waals surface area contributed by atoms with Crippen LogP contribution >= 0.6 is 37.2 Å². The molecule has 1 aromatic rings. The molecule has 2 rings (SSSR count). The number of rotatable bonds is 6. The number of anilines is 1. The van der Waals surface area contributed by atoms with Crippen LogP contribution in [0.3, 0.4) is 0 Å². The third-order valence-corrected chi connectivity index (χ3v) is 4.16. The molecule has 1 aliphatic heterocycles. The summed E-state index contributed by atoms with van der Waals surface area (Å²) < 4.78 is 0. The number of benzene rings is 1. The van der Waals surface area contributed by atoms with Crippen molar-refractivity contribution in [2.24, 2.45) is 5.73 Å². The lowest BCUT2D eigenvalue weighted by atomic mass is 10.2. The van der Waals surface area contributed by atoms with Gasteiger partial charge in [-0.15, -0.1) is 37.2 Å². The van der Waals surface area contributed by atoms with Gasteiger partial charge < -0.3 is 16.0 Å².